The third-order valence-electron chi connectivity index (χ3n) is 2.09. The zero-order chi connectivity index (χ0) is 11.1. The molecule has 1 aromatic carbocycles. The summed E-state index contributed by atoms with van der Waals surface area (Å²) >= 11 is 2.24. The van der Waals surface area contributed by atoms with Crippen LogP contribution in [-0.2, 0) is 4.79 Å². The number of ether oxygens (including phenoxy) is 1. The Morgan fingerprint density at radius 1 is 1.40 bits per heavy atom. The van der Waals surface area contributed by atoms with Crippen LogP contribution in [0.4, 0.5) is 0 Å². The van der Waals surface area contributed by atoms with E-state index in [1.807, 2.05) is 31.2 Å². The number of carbonyl (C=O) groups is 1. The van der Waals surface area contributed by atoms with Crippen molar-refractivity contribution in [3.63, 3.8) is 0 Å². The highest BCUT2D eigenvalue weighted by molar-refractivity contribution is 14.1. The number of carbonyl (C=O) groups excluding carboxylic acids is 1. The van der Waals surface area contributed by atoms with E-state index in [1.54, 1.807) is 0 Å². The maximum Gasteiger partial charge on any atom is 0.132 e. The Kier molecular flexibility index (Phi) is 5.68. The normalized spacial score (nSPS) is 10.0. The van der Waals surface area contributed by atoms with Crippen molar-refractivity contribution < 1.29 is 9.53 Å². The second-order valence-electron chi connectivity index (χ2n) is 3.27. The van der Waals surface area contributed by atoms with Gasteiger partial charge in [0, 0.05) is 12.8 Å². The first-order valence-electron chi connectivity index (χ1n) is 5.13. The predicted molar refractivity (Wildman–Crippen MR) is 69.2 cm³/mol. The highest BCUT2D eigenvalue weighted by Crippen LogP contribution is 2.19. The summed E-state index contributed by atoms with van der Waals surface area (Å²) in [6, 6.07) is 7.89. The zero-order valence-electron chi connectivity index (χ0n) is 8.83. The van der Waals surface area contributed by atoms with Gasteiger partial charge < -0.3 is 4.74 Å². The Morgan fingerprint density at radius 2 is 2.13 bits per heavy atom. The van der Waals surface area contributed by atoms with Crippen molar-refractivity contribution in [1.29, 1.82) is 0 Å². The molecule has 3 heteroatoms. The largest absolute Gasteiger partial charge is 0.492 e. The molecule has 0 bridgehead atoms. The Labute approximate surface area is 104 Å². The van der Waals surface area contributed by atoms with Crippen LogP contribution in [0.3, 0.4) is 0 Å². The van der Waals surface area contributed by atoms with Crippen molar-refractivity contribution >= 4 is 28.4 Å². The molecule has 0 saturated carbocycles. The lowest BCUT2D eigenvalue weighted by Crippen LogP contribution is -2.02. The van der Waals surface area contributed by atoms with Gasteiger partial charge in [-0.15, -0.1) is 0 Å². The molecule has 0 N–H and O–H groups in total. The lowest BCUT2D eigenvalue weighted by molar-refractivity contribution is -0.118. The first-order chi connectivity index (χ1) is 7.24. The summed E-state index contributed by atoms with van der Waals surface area (Å²) in [6.45, 7) is 2.51. The summed E-state index contributed by atoms with van der Waals surface area (Å²) in [5.74, 6) is 1.21. The highest BCUT2D eigenvalue weighted by atomic mass is 127. The zero-order valence-corrected chi connectivity index (χ0v) is 11.0. The van der Waals surface area contributed by atoms with Gasteiger partial charge in [-0.3, -0.25) is 4.79 Å². The minimum atomic E-state index is 0.307. The van der Waals surface area contributed by atoms with Crippen molar-refractivity contribution in [3.05, 3.63) is 27.8 Å². The summed E-state index contributed by atoms with van der Waals surface area (Å²) in [5.41, 5.74) is 0. The molecular weight excluding hydrogens is 303 g/mol. The van der Waals surface area contributed by atoms with Gasteiger partial charge in [-0.05, 0) is 41.1 Å². The van der Waals surface area contributed by atoms with E-state index in [0.29, 0.717) is 25.2 Å². The Morgan fingerprint density at radius 3 is 2.80 bits per heavy atom. The Hall–Kier alpha value is -0.580. The predicted octanol–water partition coefficient (Wildman–Crippen LogP) is 3.43. The van der Waals surface area contributed by atoms with Crippen LogP contribution >= 0.6 is 22.6 Å². The van der Waals surface area contributed by atoms with Crippen LogP contribution in [0.25, 0.3) is 0 Å². The summed E-state index contributed by atoms with van der Waals surface area (Å²) in [4.78, 5) is 11.0. The van der Waals surface area contributed by atoms with Crippen molar-refractivity contribution in [2.24, 2.45) is 0 Å². The number of rotatable bonds is 6. The molecule has 0 heterocycles. The molecule has 0 unspecified atom stereocenters. The third-order valence-corrected chi connectivity index (χ3v) is 2.98. The summed E-state index contributed by atoms with van der Waals surface area (Å²) < 4.78 is 6.68. The number of hydrogen-bond donors (Lipinski definition) is 0. The summed E-state index contributed by atoms with van der Waals surface area (Å²) in [6.07, 6.45) is 2.06. The van der Waals surface area contributed by atoms with Gasteiger partial charge >= 0.3 is 0 Å². The molecule has 1 aromatic rings. The molecule has 0 saturated heterocycles. The lowest BCUT2D eigenvalue weighted by Gasteiger charge is -2.06. The van der Waals surface area contributed by atoms with Gasteiger partial charge in [-0.1, -0.05) is 19.1 Å². The van der Waals surface area contributed by atoms with Gasteiger partial charge in [0.15, 0.2) is 0 Å². The van der Waals surface area contributed by atoms with Crippen molar-refractivity contribution in [2.75, 3.05) is 6.61 Å². The Balaban J connectivity index is 2.26. The van der Waals surface area contributed by atoms with Gasteiger partial charge in [0.1, 0.15) is 11.5 Å². The number of Topliss-reactive ketones (excluding diaryl/α,β-unsaturated/α-hetero) is 1. The average Bonchev–Trinajstić information content (AvgIpc) is 2.26. The first kappa shape index (κ1) is 12.5. The van der Waals surface area contributed by atoms with Gasteiger partial charge in [0.05, 0.1) is 10.2 Å². The van der Waals surface area contributed by atoms with Crippen LogP contribution in [0, 0.1) is 3.57 Å². The third kappa shape index (κ3) is 4.64. The van der Waals surface area contributed by atoms with Crippen molar-refractivity contribution in [3.8, 4) is 5.75 Å². The molecule has 0 aliphatic carbocycles. The van der Waals surface area contributed by atoms with E-state index in [4.69, 9.17) is 4.74 Å². The van der Waals surface area contributed by atoms with Crippen molar-refractivity contribution in [1.82, 2.24) is 0 Å². The number of hydrogen-bond acceptors (Lipinski definition) is 2. The molecule has 0 radical (unpaired) electrons. The van der Waals surface area contributed by atoms with Crippen LogP contribution in [0.2, 0.25) is 0 Å². The molecule has 0 amide bonds. The van der Waals surface area contributed by atoms with E-state index in [2.05, 4.69) is 22.6 Å². The molecule has 0 aliphatic rings. The van der Waals surface area contributed by atoms with E-state index in [0.717, 1.165) is 15.7 Å². The van der Waals surface area contributed by atoms with Gasteiger partial charge in [-0.25, -0.2) is 0 Å². The molecule has 0 fully saturated rings. The van der Waals surface area contributed by atoms with Gasteiger partial charge in [0.2, 0.25) is 0 Å². The standard InChI is InChI=1S/C12H15IO2/c1-2-10(14)6-5-9-15-12-8-4-3-7-11(12)13/h3-4,7-8H,2,5-6,9H2,1H3. The van der Waals surface area contributed by atoms with Gasteiger partial charge in [0.25, 0.3) is 0 Å². The fourth-order valence-electron chi connectivity index (χ4n) is 1.19. The van der Waals surface area contributed by atoms with E-state index >= 15 is 0 Å². The van der Waals surface area contributed by atoms with Crippen LogP contribution in [0.15, 0.2) is 24.3 Å². The van der Waals surface area contributed by atoms with Crippen molar-refractivity contribution in [2.45, 2.75) is 26.2 Å². The van der Waals surface area contributed by atoms with E-state index < -0.39 is 0 Å². The maximum atomic E-state index is 11.0. The quantitative estimate of drug-likeness (QED) is 0.593. The molecular formula is C12H15IO2. The first-order valence-corrected chi connectivity index (χ1v) is 6.21. The number of para-hydroxylation sites is 1. The van der Waals surface area contributed by atoms with E-state index in [1.165, 1.54) is 0 Å². The molecule has 0 aliphatic heterocycles. The molecule has 82 valence electrons. The maximum absolute atomic E-state index is 11.0. The topological polar surface area (TPSA) is 26.3 Å². The minimum Gasteiger partial charge on any atom is -0.492 e. The lowest BCUT2D eigenvalue weighted by atomic mass is 10.2. The molecule has 0 spiro atoms. The average molecular weight is 318 g/mol. The highest BCUT2D eigenvalue weighted by Gasteiger charge is 2.00. The second-order valence-corrected chi connectivity index (χ2v) is 4.44. The molecule has 0 aromatic heterocycles. The fourth-order valence-corrected chi connectivity index (χ4v) is 1.73. The number of benzene rings is 1. The second kappa shape index (κ2) is 6.82. The van der Waals surface area contributed by atoms with E-state index in [9.17, 15) is 4.79 Å². The fraction of sp³-hybridized carbons (Fsp3) is 0.417. The van der Waals surface area contributed by atoms with Crippen LogP contribution in [0.5, 0.6) is 5.75 Å². The summed E-state index contributed by atoms with van der Waals surface area (Å²) in [7, 11) is 0. The monoisotopic (exact) mass is 318 g/mol. The van der Waals surface area contributed by atoms with E-state index in [-0.39, 0.29) is 0 Å². The molecule has 2 nitrogen and oxygen atoms in total. The molecule has 0 atom stereocenters. The minimum absolute atomic E-state index is 0.307. The molecule has 15 heavy (non-hydrogen) atoms. The SMILES string of the molecule is CCC(=O)CCCOc1ccccc1I. The Bertz CT molecular complexity index is 323. The van der Waals surface area contributed by atoms with Crippen LogP contribution in [-0.4, -0.2) is 12.4 Å². The van der Waals surface area contributed by atoms with Crippen LogP contribution < -0.4 is 4.74 Å². The van der Waals surface area contributed by atoms with Crippen LogP contribution in [0.1, 0.15) is 26.2 Å². The van der Waals surface area contributed by atoms with Gasteiger partial charge in [-0.2, -0.15) is 0 Å². The number of halogens is 1. The summed E-state index contributed by atoms with van der Waals surface area (Å²) in [5, 5.41) is 0. The molecule has 1 rings (SSSR count). The number of ketones is 1. The smallest absolute Gasteiger partial charge is 0.132 e.